The summed E-state index contributed by atoms with van der Waals surface area (Å²) in [6.07, 6.45) is 0. The van der Waals surface area contributed by atoms with Gasteiger partial charge in [0.15, 0.2) is 0 Å². The second-order valence-electron chi connectivity index (χ2n) is 2.12. The molecule has 0 aromatic heterocycles. The van der Waals surface area contributed by atoms with Crippen molar-refractivity contribution in [1.82, 2.24) is 0 Å². The van der Waals surface area contributed by atoms with Gasteiger partial charge in [0.25, 0.3) is 5.97 Å². The van der Waals surface area contributed by atoms with Crippen molar-refractivity contribution in [3.05, 3.63) is 0 Å². The Kier molecular flexibility index (Phi) is 8.90. The van der Waals surface area contributed by atoms with Gasteiger partial charge in [-0.25, -0.2) is 9.13 Å². The topological polar surface area (TPSA) is 171 Å². The lowest BCUT2D eigenvalue weighted by molar-refractivity contribution is -0.134. The van der Waals surface area contributed by atoms with Crippen molar-refractivity contribution in [2.45, 2.75) is 6.92 Å². The van der Waals surface area contributed by atoms with E-state index in [1.807, 2.05) is 0 Å². The number of carboxylic acid groups (broad SMARTS) is 1. The van der Waals surface area contributed by atoms with Crippen LogP contribution < -0.4 is 0 Å². The zero-order valence-electron chi connectivity index (χ0n) is 8.09. The lowest BCUT2D eigenvalue weighted by atomic mass is 10.8. The Bertz CT molecular complexity index is 289. The predicted molar refractivity (Wildman–Crippen MR) is 49.3 cm³/mol. The molecule has 1 unspecified atom stereocenters. The van der Waals surface area contributed by atoms with Crippen LogP contribution in [0.5, 0.6) is 0 Å². The Morgan fingerprint density at radius 3 is 1.88 bits per heavy atom. The highest BCUT2D eigenvalue weighted by Gasteiger charge is 2.31. The zero-order chi connectivity index (χ0) is 13.4. The number of hydrogen-bond donors (Lipinski definition) is 5. The van der Waals surface area contributed by atoms with Crippen LogP contribution in [0.3, 0.4) is 0 Å². The lowest BCUT2D eigenvalue weighted by Crippen LogP contribution is -1.99. The third-order valence-electron chi connectivity index (χ3n) is 0.555. The summed E-state index contributed by atoms with van der Waals surface area (Å²) in [4.78, 5) is 33.6. The molecule has 0 aliphatic carbocycles. The number of phosphoric acid groups is 2. The molecule has 0 aromatic carbocycles. The molecule has 0 amide bonds. The Hall–Kier alpha value is -0.310. The largest absolute Gasteiger partial charge is 0.481 e. The highest BCUT2D eigenvalue weighted by Crippen LogP contribution is 2.57. The molecular weight excluding hydrogens is 270 g/mol. The molecule has 0 bridgehead atoms. The smallest absolute Gasteiger partial charge is 0.481 e. The van der Waals surface area contributed by atoms with E-state index in [1.165, 1.54) is 0 Å². The van der Waals surface area contributed by atoms with E-state index < -0.39 is 34.8 Å². The van der Waals surface area contributed by atoms with Crippen molar-refractivity contribution in [2.75, 3.05) is 13.2 Å². The van der Waals surface area contributed by atoms with Crippen molar-refractivity contribution in [3.8, 4) is 0 Å². The van der Waals surface area contributed by atoms with Gasteiger partial charge in [0.05, 0.1) is 13.2 Å². The van der Waals surface area contributed by atoms with Crippen molar-refractivity contribution < 1.29 is 47.7 Å². The molecule has 5 N–H and O–H groups in total. The number of carboxylic acids is 1. The minimum atomic E-state index is -5.05. The van der Waals surface area contributed by atoms with E-state index >= 15 is 0 Å². The fourth-order valence-electron chi connectivity index (χ4n) is 0.314. The second-order valence-corrected chi connectivity index (χ2v) is 4.95. The monoisotopic (exact) mass is 282 g/mol. The van der Waals surface area contributed by atoms with Crippen molar-refractivity contribution in [2.24, 2.45) is 0 Å². The average Bonchev–Trinajstić information content (AvgIpc) is 1.95. The predicted octanol–water partition coefficient (Wildman–Crippen LogP) is -0.704. The summed E-state index contributed by atoms with van der Waals surface area (Å²) < 4.78 is 27.8. The molecule has 0 heterocycles. The quantitative estimate of drug-likeness (QED) is 0.406. The standard InChI is InChI=1S/C2H8O8P2.C2H4O2/c3-1-2-9-12(7,8)10-11(4,5)6;1-2(3)4/h3H,1-2H2,(H,7,8)(H2,4,5,6);1H3,(H,3,4). The molecule has 16 heavy (non-hydrogen) atoms. The van der Waals surface area contributed by atoms with Gasteiger partial charge in [-0.15, -0.1) is 0 Å². The number of hydrogen-bond acceptors (Lipinski definition) is 6. The summed E-state index contributed by atoms with van der Waals surface area (Å²) in [6, 6.07) is 0. The molecule has 1 atom stereocenters. The number of carbonyl (C=O) groups is 1. The third-order valence-corrected chi connectivity index (χ3v) is 2.74. The van der Waals surface area contributed by atoms with Gasteiger partial charge in [-0.05, 0) is 0 Å². The molecule has 98 valence electrons. The van der Waals surface area contributed by atoms with E-state index in [2.05, 4.69) is 8.83 Å². The first-order valence-electron chi connectivity index (χ1n) is 3.55. The SMILES string of the molecule is CC(=O)O.O=P(O)(O)OP(=O)(O)OCCO. The number of aliphatic carboxylic acids is 1. The molecule has 0 rings (SSSR count). The van der Waals surface area contributed by atoms with E-state index in [1.54, 1.807) is 0 Å². The molecule has 0 spiro atoms. The number of phosphoric ester groups is 1. The van der Waals surface area contributed by atoms with Gasteiger partial charge < -0.3 is 24.9 Å². The fourth-order valence-corrected chi connectivity index (χ4v) is 1.89. The normalized spacial score (nSPS) is 14.6. The minimum Gasteiger partial charge on any atom is -0.481 e. The van der Waals surface area contributed by atoms with Gasteiger partial charge in [-0.1, -0.05) is 0 Å². The maximum absolute atomic E-state index is 10.5. The molecule has 12 heteroatoms. The Morgan fingerprint density at radius 2 is 1.62 bits per heavy atom. The molecule has 0 saturated carbocycles. The number of aliphatic hydroxyl groups excluding tert-OH is 1. The summed E-state index contributed by atoms with van der Waals surface area (Å²) in [5.74, 6) is -0.833. The van der Waals surface area contributed by atoms with Crippen LogP contribution in [0.1, 0.15) is 6.92 Å². The fraction of sp³-hybridized carbons (Fsp3) is 0.750. The summed E-state index contributed by atoms with van der Waals surface area (Å²) in [5.41, 5.74) is 0. The summed E-state index contributed by atoms with van der Waals surface area (Å²) >= 11 is 0. The minimum absolute atomic E-state index is 0.548. The molecular formula is C4H12O10P2. The van der Waals surface area contributed by atoms with Gasteiger partial charge >= 0.3 is 15.6 Å². The van der Waals surface area contributed by atoms with Gasteiger partial charge in [-0.2, -0.15) is 4.31 Å². The zero-order valence-corrected chi connectivity index (χ0v) is 9.87. The van der Waals surface area contributed by atoms with E-state index in [-0.39, 0.29) is 0 Å². The van der Waals surface area contributed by atoms with E-state index in [4.69, 9.17) is 29.7 Å². The molecule has 10 nitrogen and oxygen atoms in total. The molecule has 0 radical (unpaired) electrons. The van der Waals surface area contributed by atoms with E-state index in [9.17, 15) is 9.13 Å². The first-order chi connectivity index (χ1) is 7.00. The highest BCUT2D eigenvalue weighted by molar-refractivity contribution is 7.60. The van der Waals surface area contributed by atoms with Crippen LogP contribution in [0.25, 0.3) is 0 Å². The molecule has 0 aliphatic rings. The number of rotatable bonds is 5. The third kappa shape index (κ3) is 19.3. The maximum Gasteiger partial charge on any atom is 0.481 e. The molecule has 0 aliphatic heterocycles. The van der Waals surface area contributed by atoms with Gasteiger partial charge in [0.2, 0.25) is 0 Å². The van der Waals surface area contributed by atoms with Gasteiger partial charge in [0.1, 0.15) is 0 Å². The van der Waals surface area contributed by atoms with E-state index in [0.717, 1.165) is 6.92 Å². The highest BCUT2D eigenvalue weighted by atomic mass is 31.3. The van der Waals surface area contributed by atoms with Crippen LogP contribution in [0.2, 0.25) is 0 Å². The summed E-state index contributed by atoms with van der Waals surface area (Å²) in [7, 11) is -9.80. The first kappa shape index (κ1) is 18.1. The van der Waals surface area contributed by atoms with Crippen LogP contribution in [-0.4, -0.2) is 44.1 Å². The van der Waals surface area contributed by atoms with Crippen LogP contribution in [-0.2, 0) is 22.8 Å². The second kappa shape index (κ2) is 7.88. The molecule has 0 fully saturated rings. The Morgan fingerprint density at radius 1 is 1.25 bits per heavy atom. The number of aliphatic hydroxyl groups is 1. The van der Waals surface area contributed by atoms with Crippen LogP contribution in [0, 0.1) is 0 Å². The lowest BCUT2D eigenvalue weighted by Gasteiger charge is -2.10. The van der Waals surface area contributed by atoms with Crippen molar-refractivity contribution in [1.29, 1.82) is 0 Å². The van der Waals surface area contributed by atoms with Gasteiger partial charge in [0, 0.05) is 6.92 Å². The maximum atomic E-state index is 10.5. The average molecular weight is 282 g/mol. The van der Waals surface area contributed by atoms with Crippen LogP contribution >= 0.6 is 15.6 Å². The van der Waals surface area contributed by atoms with E-state index in [0.29, 0.717) is 0 Å². The van der Waals surface area contributed by atoms with Crippen molar-refractivity contribution >= 4 is 21.6 Å². The Labute approximate surface area is 90.3 Å². The van der Waals surface area contributed by atoms with Gasteiger partial charge in [-0.3, -0.25) is 9.32 Å². The summed E-state index contributed by atoms with van der Waals surface area (Å²) in [6.45, 7) is -0.0250. The summed E-state index contributed by atoms with van der Waals surface area (Å²) in [5, 5.41) is 15.5. The molecule has 0 saturated heterocycles. The Balaban J connectivity index is 0. The molecule has 0 aromatic rings. The van der Waals surface area contributed by atoms with Crippen LogP contribution in [0.4, 0.5) is 0 Å². The van der Waals surface area contributed by atoms with Crippen molar-refractivity contribution in [3.63, 3.8) is 0 Å². The van der Waals surface area contributed by atoms with Crippen LogP contribution in [0.15, 0.2) is 0 Å². The first-order valence-corrected chi connectivity index (χ1v) is 6.57.